The van der Waals surface area contributed by atoms with Crippen LogP contribution >= 0.6 is 0 Å². The number of pyridine rings is 1. The summed E-state index contributed by atoms with van der Waals surface area (Å²) in [6.45, 7) is 0. The van der Waals surface area contributed by atoms with E-state index in [1.54, 1.807) is 19.4 Å². The van der Waals surface area contributed by atoms with Gasteiger partial charge in [-0.3, -0.25) is 5.32 Å². The van der Waals surface area contributed by atoms with Crippen LogP contribution in [0.2, 0.25) is 0 Å². The summed E-state index contributed by atoms with van der Waals surface area (Å²) in [6, 6.07) is 9.15. The van der Waals surface area contributed by atoms with Crippen molar-refractivity contribution in [2.75, 3.05) is 7.11 Å². The van der Waals surface area contributed by atoms with E-state index in [1.165, 1.54) is 11.6 Å². The number of hydrogen-bond acceptors (Lipinski definition) is 3. The monoisotopic (exact) mass is 270 g/mol. The number of rotatable bonds is 2. The molecule has 1 aromatic carbocycles. The van der Waals surface area contributed by atoms with Crippen molar-refractivity contribution in [1.29, 1.82) is 0 Å². The summed E-state index contributed by atoms with van der Waals surface area (Å²) < 4.78 is 19.5. The van der Waals surface area contributed by atoms with Gasteiger partial charge in [0.25, 0.3) is 0 Å². The predicted molar refractivity (Wildman–Crippen MR) is 73.1 cm³/mol. The number of aromatic nitrogens is 1. The van der Waals surface area contributed by atoms with Gasteiger partial charge >= 0.3 is 0 Å². The molecule has 20 heavy (non-hydrogen) atoms. The molecule has 0 saturated carbocycles. The minimum Gasteiger partial charge on any atom is -0.481 e. The Morgan fingerprint density at radius 2 is 2.20 bits per heavy atom. The van der Waals surface area contributed by atoms with Crippen LogP contribution in [0.15, 0.2) is 36.5 Å². The maximum absolute atomic E-state index is 14.1. The molecule has 2 aromatic rings. The maximum Gasteiger partial charge on any atom is 0.218 e. The lowest BCUT2D eigenvalue weighted by atomic mass is 9.80. The van der Waals surface area contributed by atoms with Gasteiger partial charge in [0, 0.05) is 17.3 Å². The molecule has 0 unspecified atom stereocenters. The zero-order valence-electron chi connectivity index (χ0n) is 11.2. The second-order valence-electron chi connectivity index (χ2n) is 5.42. The average molecular weight is 270 g/mol. The molecule has 1 aromatic heterocycles. The molecule has 1 aliphatic carbocycles. The first-order chi connectivity index (χ1) is 9.76. The minimum atomic E-state index is -0.283. The largest absolute Gasteiger partial charge is 0.481 e. The Labute approximate surface area is 116 Å². The van der Waals surface area contributed by atoms with Crippen LogP contribution in [0, 0.1) is 5.82 Å². The summed E-state index contributed by atoms with van der Waals surface area (Å²) in [5.74, 6) is 0.506. The van der Waals surface area contributed by atoms with Crippen LogP contribution in [0.3, 0.4) is 0 Å². The number of halogens is 1. The molecule has 0 amide bonds. The van der Waals surface area contributed by atoms with Gasteiger partial charge in [-0.25, -0.2) is 9.37 Å². The number of ether oxygens (including phenoxy) is 1. The van der Waals surface area contributed by atoms with E-state index in [9.17, 15) is 4.39 Å². The molecule has 4 rings (SSSR count). The summed E-state index contributed by atoms with van der Waals surface area (Å²) in [4.78, 5) is 4.28. The summed E-state index contributed by atoms with van der Waals surface area (Å²) in [7, 11) is 1.63. The number of nitrogens with one attached hydrogen (secondary N) is 1. The van der Waals surface area contributed by atoms with Gasteiger partial charge in [0.2, 0.25) is 5.88 Å². The molecule has 2 aliphatic rings. The first-order valence-electron chi connectivity index (χ1n) is 6.81. The SMILES string of the molecule is COc1nccc2c1[C@@H]1N[C@]1(c1ccccc1F)CC2. The van der Waals surface area contributed by atoms with Crippen molar-refractivity contribution in [3.63, 3.8) is 0 Å². The molecule has 3 nitrogen and oxygen atoms in total. The fourth-order valence-electron chi connectivity index (χ4n) is 3.45. The lowest BCUT2D eigenvalue weighted by molar-refractivity contribution is 0.387. The van der Waals surface area contributed by atoms with Crippen LogP contribution in [-0.4, -0.2) is 12.1 Å². The second-order valence-corrected chi connectivity index (χ2v) is 5.42. The van der Waals surface area contributed by atoms with Crippen molar-refractivity contribution in [2.24, 2.45) is 0 Å². The molecule has 1 N–H and O–H groups in total. The zero-order chi connectivity index (χ0) is 13.7. The molecule has 1 saturated heterocycles. The fraction of sp³-hybridized carbons (Fsp3) is 0.312. The smallest absolute Gasteiger partial charge is 0.218 e. The number of hydrogen-bond donors (Lipinski definition) is 1. The quantitative estimate of drug-likeness (QED) is 0.853. The van der Waals surface area contributed by atoms with Gasteiger partial charge in [0.1, 0.15) is 5.82 Å². The molecule has 1 fully saturated rings. The van der Waals surface area contributed by atoms with Gasteiger partial charge in [-0.1, -0.05) is 18.2 Å². The number of fused-ring (bicyclic) bond motifs is 3. The van der Waals surface area contributed by atoms with E-state index in [-0.39, 0.29) is 17.4 Å². The average Bonchev–Trinajstić information content (AvgIpc) is 3.23. The van der Waals surface area contributed by atoms with E-state index in [0.717, 1.165) is 24.0 Å². The van der Waals surface area contributed by atoms with Crippen LogP contribution < -0.4 is 10.1 Å². The summed E-state index contributed by atoms with van der Waals surface area (Å²) in [5, 5.41) is 3.47. The van der Waals surface area contributed by atoms with E-state index in [2.05, 4.69) is 10.3 Å². The van der Waals surface area contributed by atoms with Crippen molar-refractivity contribution in [3.05, 3.63) is 59.0 Å². The number of benzene rings is 1. The Balaban J connectivity index is 1.82. The molecule has 0 bridgehead atoms. The summed E-state index contributed by atoms with van der Waals surface area (Å²) in [6.07, 6.45) is 3.58. The normalized spacial score (nSPS) is 26.6. The Kier molecular flexibility index (Phi) is 2.39. The third-order valence-corrected chi connectivity index (χ3v) is 4.48. The van der Waals surface area contributed by atoms with Crippen molar-refractivity contribution in [2.45, 2.75) is 24.4 Å². The fourth-order valence-corrected chi connectivity index (χ4v) is 3.45. The van der Waals surface area contributed by atoms with Gasteiger partial charge in [0.05, 0.1) is 18.7 Å². The summed E-state index contributed by atoms with van der Waals surface area (Å²) in [5.41, 5.74) is 2.80. The van der Waals surface area contributed by atoms with E-state index < -0.39 is 0 Å². The van der Waals surface area contributed by atoms with Gasteiger partial charge in [-0.2, -0.15) is 0 Å². The highest BCUT2D eigenvalue weighted by atomic mass is 19.1. The molecule has 0 spiro atoms. The van der Waals surface area contributed by atoms with E-state index in [1.807, 2.05) is 18.2 Å². The van der Waals surface area contributed by atoms with Gasteiger partial charge in [-0.15, -0.1) is 0 Å². The third-order valence-electron chi connectivity index (χ3n) is 4.48. The Morgan fingerprint density at radius 3 is 3.00 bits per heavy atom. The standard InChI is InChI=1S/C16H15FN2O/c1-20-15-13-10(7-9-18-15)6-8-16(14(13)19-16)11-4-2-3-5-12(11)17/h2-5,7,9,14,19H,6,8H2,1H3/t14-,16-/m0/s1. The van der Waals surface area contributed by atoms with E-state index >= 15 is 0 Å². The molecule has 0 radical (unpaired) electrons. The molecule has 2 atom stereocenters. The third kappa shape index (κ3) is 1.45. The Bertz CT molecular complexity index is 674. The molecule has 2 heterocycles. The van der Waals surface area contributed by atoms with Crippen molar-refractivity contribution < 1.29 is 9.13 Å². The minimum absolute atomic E-state index is 0.104. The van der Waals surface area contributed by atoms with Crippen LogP contribution in [0.4, 0.5) is 4.39 Å². The van der Waals surface area contributed by atoms with Crippen LogP contribution in [0.1, 0.15) is 29.2 Å². The molecule has 102 valence electrons. The van der Waals surface area contributed by atoms with Crippen LogP contribution in [0.5, 0.6) is 5.88 Å². The summed E-state index contributed by atoms with van der Waals surface area (Å²) >= 11 is 0. The van der Waals surface area contributed by atoms with Gasteiger partial charge < -0.3 is 4.74 Å². The molecule has 4 heteroatoms. The molecule has 1 aliphatic heterocycles. The van der Waals surface area contributed by atoms with Crippen molar-refractivity contribution in [1.82, 2.24) is 10.3 Å². The molecular weight excluding hydrogens is 255 g/mol. The first-order valence-corrected chi connectivity index (χ1v) is 6.81. The Morgan fingerprint density at radius 1 is 1.35 bits per heavy atom. The van der Waals surface area contributed by atoms with Crippen LogP contribution in [-0.2, 0) is 12.0 Å². The van der Waals surface area contributed by atoms with Gasteiger partial charge in [0.15, 0.2) is 0 Å². The van der Waals surface area contributed by atoms with E-state index in [4.69, 9.17) is 4.74 Å². The highest BCUT2D eigenvalue weighted by Gasteiger charge is 2.60. The molecular formula is C16H15FN2O. The lowest BCUT2D eigenvalue weighted by Crippen LogP contribution is -2.20. The number of methoxy groups -OCH3 is 1. The zero-order valence-corrected chi connectivity index (χ0v) is 11.2. The highest BCUT2D eigenvalue weighted by molar-refractivity contribution is 5.51. The van der Waals surface area contributed by atoms with Crippen molar-refractivity contribution in [3.8, 4) is 5.88 Å². The lowest BCUT2D eigenvalue weighted by Gasteiger charge is -2.23. The number of nitrogens with zero attached hydrogens (tertiary/aromatic N) is 1. The second kappa shape index (κ2) is 4.03. The van der Waals surface area contributed by atoms with Gasteiger partial charge in [-0.05, 0) is 30.5 Å². The van der Waals surface area contributed by atoms with Crippen LogP contribution in [0.25, 0.3) is 0 Å². The highest BCUT2D eigenvalue weighted by Crippen LogP contribution is 2.57. The maximum atomic E-state index is 14.1. The van der Waals surface area contributed by atoms with E-state index in [0.29, 0.717) is 5.88 Å². The Hall–Kier alpha value is -1.94. The topological polar surface area (TPSA) is 44.1 Å². The predicted octanol–water partition coefficient (Wildman–Crippen LogP) is 2.72. The number of aryl methyl sites for hydroxylation is 1. The van der Waals surface area contributed by atoms with Crippen molar-refractivity contribution >= 4 is 0 Å². The first kappa shape index (κ1) is 11.9.